The third-order valence-electron chi connectivity index (χ3n) is 3.91. The van der Waals surface area contributed by atoms with Crippen LogP contribution in [0.15, 0.2) is 71.5 Å². The quantitative estimate of drug-likeness (QED) is 0.609. The van der Waals surface area contributed by atoms with Crippen LogP contribution in [0.25, 0.3) is 5.69 Å². The van der Waals surface area contributed by atoms with E-state index in [4.69, 9.17) is 0 Å². The molecule has 0 saturated heterocycles. The van der Waals surface area contributed by atoms with Crippen LogP contribution in [0, 0.1) is 0 Å². The molecule has 1 aromatic heterocycles. The summed E-state index contributed by atoms with van der Waals surface area (Å²) >= 11 is 3.32. The van der Waals surface area contributed by atoms with Gasteiger partial charge in [0.25, 0.3) is 5.91 Å². The molecule has 6 nitrogen and oxygen atoms in total. The van der Waals surface area contributed by atoms with Gasteiger partial charge in [-0.15, -0.1) is 0 Å². The van der Waals surface area contributed by atoms with Crippen molar-refractivity contribution in [3.05, 3.63) is 82.6 Å². The van der Waals surface area contributed by atoms with Crippen molar-refractivity contribution < 1.29 is 9.59 Å². The fourth-order valence-corrected chi connectivity index (χ4v) is 2.75. The number of amides is 2. The number of hydrogen-bond donors (Lipinski definition) is 2. The molecule has 0 bridgehead atoms. The van der Waals surface area contributed by atoms with Crippen LogP contribution in [0.3, 0.4) is 0 Å². The van der Waals surface area contributed by atoms with Gasteiger partial charge in [0.05, 0.1) is 18.4 Å². The highest BCUT2D eigenvalue weighted by molar-refractivity contribution is 9.10. The molecule has 2 amide bonds. The smallest absolute Gasteiger partial charge is 0.251 e. The Bertz CT molecular complexity index is 907. The highest BCUT2D eigenvalue weighted by atomic mass is 79.9. The second-order valence-corrected chi connectivity index (χ2v) is 6.83. The lowest BCUT2D eigenvalue weighted by Crippen LogP contribution is -2.37. The number of carbonyl (C=O) groups excluding carboxylic acids is 2. The van der Waals surface area contributed by atoms with Gasteiger partial charge < -0.3 is 10.6 Å². The van der Waals surface area contributed by atoms with Gasteiger partial charge in [0, 0.05) is 22.8 Å². The summed E-state index contributed by atoms with van der Waals surface area (Å²) < 4.78 is 2.70. The number of para-hydroxylation sites is 1. The van der Waals surface area contributed by atoms with Gasteiger partial charge >= 0.3 is 0 Å². The summed E-state index contributed by atoms with van der Waals surface area (Å²) in [5, 5.41) is 9.73. The minimum Gasteiger partial charge on any atom is -0.354 e. The zero-order valence-electron chi connectivity index (χ0n) is 14.6. The molecule has 0 saturated carbocycles. The Balaban J connectivity index is 1.40. The monoisotopic (exact) mass is 426 g/mol. The number of halogens is 1. The first-order chi connectivity index (χ1) is 13.1. The maximum absolute atomic E-state index is 12.0. The third kappa shape index (κ3) is 5.52. The van der Waals surface area contributed by atoms with Gasteiger partial charge in [0.15, 0.2) is 0 Å². The Morgan fingerprint density at radius 1 is 1.00 bits per heavy atom. The Labute approximate surface area is 165 Å². The molecular formula is C20H19BrN4O2. The number of carbonyl (C=O) groups is 2. The summed E-state index contributed by atoms with van der Waals surface area (Å²) in [6.45, 7) is 0.422. The molecule has 0 aliphatic heterocycles. The topological polar surface area (TPSA) is 76.0 Å². The van der Waals surface area contributed by atoms with E-state index in [2.05, 4.69) is 31.7 Å². The Morgan fingerprint density at radius 3 is 2.48 bits per heavy atom. The predicted molar refractivity (Wildman–Crippen MR) is 107 cm³/mol. The molecule has 1 heterocycles. The standard InChI is InChI=1S/C20H19BrN4O2/c21-17-8-6-16(7-9-17)20(27)23-13-19(26)22-11-10-15-12-24-25(14-15)18-4-2-1-3-5-18/h1-9,12,14H,10-11,13H2,(H,22,26)(H,23,27). The fourth-order valence-electron chi connectivity index (χ4n) is 2.48. The molecule has 0 radical (unpaired) electrons. The maximum atomic E-state index is 12.0. The number of nitrogens with zero attached hydrogens (tertiary/aromatic N) is 2. The summed E-state index contributed by atoms with van der Waals surface area (Å²) in [7, 11) is 0. The molecule has 0 aliphatic rings. The third-order valence-corrected chi connectivity index (χ3v) is 4.44. The molecule has 27 heavy (non-hydrogen) atoms. The van der Waals surface area contributed by atoms with E-state index in [0.717, 1.165) is 15.7 Å². The number of rotatable bonds is 7. The van der Waals surface area contributed by atoms with Gasteiger partial charge in [-0.05, 0) is 48.4 Å². The van der Waals surface area contributed by atoms with Gasteiger partial charge in [0.2, 0.25) is 5.91 Å². The zero-order valence-corrected chi connectivity index (χ0v) is 16.1. The van der Waals surface area contributed by atoms with Crippen molar-refractivity contribution in [3.63, 3.8) is 0 Å². The minimum atomic E-state index is -0.276. The summed E-state index contributed by atoms with van der Waals surface area (Å²) in [6, 6.07) is 16.8. The van der Waals surface area contributed by atoms with E-state index in [0.29, 0.717) is 18.5 Å². The number of aromatic nitrogens is 2. The molecule has 0 atom stereocenters. The first kappa shape index (κ1) is 18.8. The van der Waals surface area contributed by atoms with Crippen LogP contribution in [-0.4, -0.2) is 34.7 Å². The zero-order chi connectivity index (χ0) is 19.1. The highest BCUT2D eigenvalue weighted by Crippen LogP contribution is 2.10. The average Bonchev–Trinajstić information content (AvgIpc) is 3.16. The largest absolute Gasteiger partial charge is 0.354 e. The first-order valence-electron chi connectivity index (χ1n) is 8.51. The first-order valence-corrected chi connectivity index (χ1v) is 9.30. The van der Waals surface area contributed by atoms with Crippen LogP contribution in [0.2, 0.25) is 0 Å². The van der Waals surface area contributed by atoms with Crippen molar-refractivity contribution in [2.24, 2.45) is 0 Å². The Morgan fingerprint density at radius 2 is 1.74 bits per heavy atom. The van der Waals surface area contributed by atoms with E-state index in [-0.39, 0.29) is 18.4 Å². The van der Waals surface area contributed by atoms with Crippen LogP contribution >= 0.6 is 15.9 Å². The SMILES string of the molecule is O=C(CNC(=O)c1ccc(Br)cc1)NCCc1cnn(-c2ccccc2)c1. The van der Waals surface area contributed by atoms with Crippen LogP contribution < -0.4 is 10.6 Å². The van der Waals surface area contributed by atoms with Crippen molar-refractivity contribution in [1.29, 1.82) is 0 Å². The van der Waals surface area contributed by atoms with Gasteiger partial charge in [-0.3, -0.25) is 9.59 Å². The lowest BCUT2D eigenvalue weighted by Gasteiger charge is -2.06. The average molecular weight is 427 g/mol. The van der Waals surface area contributed by atoms with Crippen LogP contribution in [-0.2, 0) is 11.2 Å². The minimum absolute atomic E-state index is 0.0574. The summed E-state index contributed by atoms with van der Waals surface area (Å²) in [5.41, 5.74) is 2.53. The molecule has 3 aromatic rings. The van der Waals surface area contributed by atoms with E-state index in [9.17, 15) is 9.59 Å². The molecule has 0 aliphatic carbocycles. The van der Waals surface area contributed by atoms with Crippen molar-refractivity contribution in [2.45, 2.75) is 6.42 Å². The van der Waals surface area contributed by atoms with E-state index in [1.165, 1.54) is 0 Å². The van der Waals surface area contributed by atoms with E-state index in [1.807, 2.05) is 36.5 Å². The van der Waals surface area contributed by atoms with Gasteiger partial charge in [0.1, 0.15) is 0 Å². The number of hydrogen-bond acceptors (Lipinski definition) is 3. The van der Waals surface area contributed by atoms with Crippen molar-refractivity contribution in [2.75, 3.05) is 13.1 Å². The van der Waals surface area contributed by atoms with Crippen molar-refractivity contribution in [1.82, 2.24) is 20.4 Å². The maximum Gasteiger partial charge on any atom is 0.251 e. The lowest BCUT2D eigenvalue weighted by atomic mass is 10.2. The molecule has 0 spiro atoms. The molecule has 0 unspecified atom stereocenters. The molecule has 3 rings (SSSR count). The summed E-state index contributed by atoms with van der Waals surface area (Å²) in [5.74, 6) is -0.502. The molecular weight excluding hydrogens is 408 g/mol. The summed E-state index contributed by atoms with van der Waals surface area (Å²) in [6.07, 6.45) is 4.39. The normalized spacial score (nSPS) is 10.4. The fraction of sp³-hybridized carbons (Fsp3) is 0.150. The second-order valence-electron chi connectivity index (χ2n) is 5.92. The van der Waals surface area contributed by atoms with E-state index in [1.54, 1.807) is 35.1 Å². The molecule has 2 N–H and O–H groups in total. The van der Waals surface area contributed by atoms with Gasteiger partial charge in [-0.2, -0.15) is 5.10 Å². The molecule has 0 fully saturated rings. The Hall–Kier alpha value is -2.93. The van der Waals surface area contributed by atoms with Crippen molar-refractivity contribution in [3.8, 4) is 5.69 Å². The Kier molecular flexibility index (Phi) is 6.38. The van der Waals surface area contributed by atoms with Crippen LogP contribution in [0.4, 0.5) is 0 Å². The van der Waals surface area contributed by atoms with Gasteiger partial charge in [-0.25, -0.2) is 4.68 Å². The van der Waals surface area contributed by atoms with E-state index >= 15 is 0 Å². The lowest BCUT2D eigenvalue weighted by molar-refractivity contribution is -0.120. The highest BCUT2D eigenvalue weighted by Gasteiger charge is 2.08. The van der Waals surface area contributed by atoms with Crippen LogP contribution in [0.1, 0.15) is 15.9 Å². The number of benzene rings is 2. The molecule has 7 heteroatoms. The second kappa shape index (κ2) is 9.14. The van der Waals surface area contributed by atoms with Crippen LogP contribution in [0.5, 0.6) is 0 Å². The molecule has 2 aromatic carbocycles. The predicted octanol–water partition coefficient (Wildman–Crippen LogP) is 2.72. The number of nitrogens with one attached hydrogen (secondary N) is 2. The summed E-state index contributed by atoms with van der Waals surface area (Å²) in [4.78, 5) is 23.9. The molecule has 138 valence electrons. The van der Waals surface area contributed by atoms with Crippen molar-refractivity contribution >= 4 is 27.7 Å². The van der Waals surface area contributed by atoms with E-state index < -0.39 is 0 Å². The van der Waals surface area contributed by atoms with Gasteiger partial charge in [-0.1, -0.05) is 34.1 Å².